The number of fused-ring (bicyclic) bond motifs is 1. The number of imide groups is 1. The van der Waals surface area contributed by atoms with Crippen LogP contribution in [0.2, 0.25) is 0 Å². The quantitative estimate of drug-likeness (QED) is 0.337. The van der Waals surface area contributed by atoms with E-state index in [0.29, 0.717) is 18.5 Å². The van der Waals surface area contributed by atoms with Crippen LogP contribution in [-0.2, 0) is 19.1 Å². The van der Waals surface area contributed by atoms with Crippen molar-refractivity contribution in [2.75, 3.05) is 16.8 Å². The molecule has 1 heterocycles. The highest BCUT2D eigenvalue weighted by molar-refractivity contribution is 9.10. The summed E-state index contributed by atoms with van der Waals surface area (Å²) in [4.78, 5) is 51.5. The number of amides is 3. The van der Waals surface area contributed by atoms with Crippen molar-refractivity contribution in [3.05, 3.63) is 58.6 Å². The summed E-state index contributed by atoms with van der Waals surface area (Å²) >= 11 is 15.7. The number of nitrogens with one attached hydrogen (secondary N) is 1. The molecule has 0 radical (unpaired) electrons. The fraction of sp³-hybridized carbons (Fsp3) is 0.304. The van der Waals surface area contributed by atoms with E-state index in [2.05, 4.69) is 21.2 Å². The molecule has 2 aliphatic rings. The maximum atomic E-state index is 12.9. The Labute approximate surface area is 208 Å². The molecule has 33 heavy (non-hydrogen) atoms. The minimum atomic E-state index is -0.749. The zero-order chi connectivity index (χ0) is 23.7. The Kier molecular flexibility index (Phi) is 7.07. The predicted molar refractivity (Wildman–Crippen MR) is 127 cm³/mol. The van der Waals surface area contributed by atoms with Crippen LogP contribution in [0, 0.1) is 11.8 Å². The third-order valence-corrected chi connectivity index (χ3v) is 7.34. The second kappa shape index (κ2) is 9.83. The predicted octanol–water partition coefficient (Wildman–Crippen LogP) is 4.36. The average molecular weight is 554 g/mol. The molecule has 4 rings (SSSR count). The van der Waals surface area contributed by atoms with Crippen LogP contribution in [0.5, 0.6) is 0 Å². The highest BCUT2D eigenvalue weighted by atomic mass is 79.9. The molecule has 3 amide bonds. The molecule has 172 valence electrons. The van der Waals surface area contributed by atoms with E-state index in [1.54, 1.807) is 36.4 Å². The molecule has 0 unspecified atom stereocenters. The first-order valence-electron chi connectivity index (χ1n) is 10.2. The molecule has 2 fully saturated rings. The van der Waals surface area contributed by atoms with Crippen LogP contribution in [0.25, 0.3) is 0 Å². The molecule has 4 atom stereocenters. The second-order valence-corrected chi connectivity index (χ2v) is 9.95. The zero-order valence-electron chi connectivity index (χ0n) is 17.2. The van der Waals surface area contributed by atoms with Gasteiger partial charge in [-0.3, -0.25) is 19.3 Å². The van der Waals surface area contributed by atoms with Crippen molar-refractivity contribution in [1.82, 2.24) is 0 Å². The van der Waals surface area contributed by atoms with Crippen LogP contribution >= 0.6 is 39.1 Å². The van der Waals surface area contributed by atoms with Gasteiger partial charge in [0.2, 0.25) is 11.8 Å². The molecule has 2 aromatic rings. The molecule has 7 nitrogen and oxygen atoms in total. The first kappa shape index (κ1) is 23.7. The van der Waals surface area contributed by atoms with Gasteiger partial charge in [-0.1, -0.05) is 22.0 Å². The van der Waals surface area contributed by atoms with Crippen molar-refractivity contribution in [1.29, 1.82) is 0 Å². The van der Waals surface area contributed by atoms with Crippen LogP contribution in [0.3, 0.4) is 0 Å². The maximum Gasteiger partial charge on any atom is 0.338 e. The number of hydrogen-bond acceptors (Lipinski definition) is 5. The Bertz CT molecular complexity index is 1080. The Morgan fingerprint density at radius 3 is 2.21 bits per heavy atom. The van der Waals surface area contributed by atoms with E-state index in [-0.39, 0.29) is 33.8 Å². The largest absolute Gasteiger partial charge is 0.452 e. The summed E-state index contributed by atoms with van der Waals surface area (Å²) in [5.41, 5.74) is 0.947. The Morgan fingerprint density at radius 2 is 1.61 bits per heavy atom. The fourth-order valence-corrected chi connectivity index (χ4v) is 4.92. The summed E-state index contributed by atoms with van der Waals surface area (Å²) in [6.45, 7) is -0.487. The van der Waals surface area contributed by atoms with Gasteiger partial charge in [0, 0.05) is 10.2 Å². The molecule has 10 heteroatoms. The lowest BCUT2D eigenvalue weighted by Crippen LogP contribution is -2.34. The highest BCUT2D eigenvalue weighted by Crippen LogP contribution is 2.43. The fourth-order valence-electron chi connectivity index (χ4n) is 4.07. The first-order chi connectivity index (χ1) is 15.7. The smallest absolute Gasteiger partial charge is 0.338 e. The van der Waals surface area contributed by atoms with Crippen molar-refractivity contribution in [2.24, 2.45) is 11.8 Å². The van der Waals surface area contributed by atoms with Gasteiger partial charge in [0.05, 0.1) is 33.8 Å². The standard InChI is InChI=1S/C23H19BrCl2N2O5/c24-13-4-6-14(7-5-13)27-20(29)11-33-23(32)12-2-1-3-15(8-12)28-21(30)16-9-18(25)19(26)10-17(16)22(28)31/h1-8,16-19H,9-11H2,(H,27,29)/t16-,17+,18+,19-. The minimum Gasteiger partial charge on any atom is -0.452 e. The molecule has 0 spiro atoms. The van der Waals surface area contributed by atoms with Gasteiger partial charge in [-0.25, -0.2) is 4.79 Å². The maximum absolute atomic E-state index is 12.9. The van der Waals surface area contributed by atoms with E-state index in [1.807, 2.05) is 0 Å². The van der Waals surface area contributed by atoms with Gasteiger partial charge in [-0.2, -0.15) is 0 Å². The number of nitrogens with zero attached hydrogens (tertiary/aromatic N) is 1. The van der Waals surface area contributed by atoms with Crippen molar-refractivity contribution in [2.45, 2.75) is 23.6 Å². The van der Waals surface area contributed by atoms with Gasteiger partial charge >= 0.3 is 5.97 Å². The number of esters is 1. The lowest BCUT2D eigenvalue weighted by Gasteiger charge is -2.28. The summed E-state index contributed by atoms with van der Waals surface area (Å²) in [7, 11) is 0. The number of anilines is 2. The van der Waals surface area contributed by atoms with E-state index in [9.17, 15) is 19.2 Å². The number of rotatable bonds is 5. The van der Waals surface area contributed by atoms with Crippen LogP contribution < -0.4 is 10.2 Å². The number of carbonyl (C=O) groups excluding carboxylic acids is 4. The minimum absolute atomic E-state index is 0.116. The molecular formula is C23H19BrCl2N2O5. The highest BCUT2D eigenvalue weighted by Gasteiger charge is 2.52. The summed E-state index contributed by atoms with van der Waals surface area (Å²) in [6.07, 6.45) is 0.660. The summed E-state index contributed by atoms with van der Waals surface area (Å²) in [6, 6.07) is 12.9. The van der Waals surface area contributed by atoms with Crippen molar-refractivity contribution >= 4 is 74.2 Å². The SMILES string of the molecule is O=C(COC(=O)c1cccc(N2C(=O)[C@H]3C[C@@H](Cl)[C@@H](Cl)C[C@H]3C2=O)c1)Nc1ccc(Br)cc1. The van der Waals surface area contributed by atoms with E-state index in [1.165, 1.54) is 12.1 Å². The number of halogens is 3. The molecule has 1 saturated heterocycles. The molecule has 0 aromatic heterocycles. The van der Waals surface area contributed by atoms with Crippen LogP contribution in [-0.4, -0.2) is 41.1 Å². The Hall–Kier alpha value is -2.42. The van der Waals surface area contributed by atoms with Gasteiger partial charge in [0.1, 0.15) is 0 Å². The lowest BCUT2D eigenvalue weighted by atomic mass is 9.80. The molecule has 1 saturated carbocycles. The Morgan fingerprint density at radius 1 is 1.00 bits per heavy atom. The summed E-state index contributed by atoms with van der Waals surface area (Å²) < 4.78 is 5.96. The number of benzene rings is 2. The zero-order valence-corrected chi connectivity index (χ0v) is 20.3. The van der Waals surface area contributed by atoms with E-state index in [4.69, 9.17) is 27.9 Å². The monoisotopic (exact) mass is 552 g/mol. The van der Waals surface area contributed by atoms with Gasteiger partial charge < -0.3 is 10.1 Å². The van der Waals surface area contributed by atoms with Crippen LogP contribution in [0.1, 0.15) is 23.2 Å². The second-order valence-electron chi connectivity index (χ2n) is 7.91. The summed E-state index contributed by atoms with van der Waals surface area (Å²) in [5, 5.41) is 1.86. The van der Waals surface area contributed by atoms with Crippen LogP contribution in [0.15, 0.2) is 53.0 Å². The van der Waals surface area contributed by atoms with Gasteiger partial charge in [0.15, 0.2) is 6.61 Å². The van der Waals surface area contributed by atoms with Gasteiger partial charge in [0.25, 0.3) is 5.91 Å². The first-order valence-corrected chi connectivity index (χ1v) is 11.9. The number of hydrogen-bond donors (Lipinski definition) is 1. The normalized spacial score (nSPS) is 24.4. The van der Waals surface area contributed by atoms with Gasteiger partial charge in [-0.05, 0) is 55.3 Å². The molecular weight excluding hydrogens is 535 g/mol. The van der Waals surface area contributed by atoms with E-state index < -0.39 is 30.3 Å². The van der Waals surface area contributed by atoms with E-state index >= 15 is 0 Å². The van der Waals surface area contributed by atoms with Crippen molar-refractivity contribution in [3.63, 3.8) is 0 Å². The molecule has 1 aliphatic carbocycles. The van der Waals surface area contributed by atoms with Crippen LogP contribution in [0.4, 0.5) is 11.4 Å². The van der Waals surface area contributed by atoms with Crippen molar-refractivity contribution in [3.8, 4) is 0 Å². The number of carbonyl (C=O) groups is 4. The van der Waals surface area contributed by atoms with E-state index in [0.717, 1.165) is 9.37 Å². The number of alkyl halides is 2. The summed E-state index contributed by atoms with van der Waals surface area (Å²) in [5.74, 6) is -2.99. The lowest BCUT2D eigenvalue weighted by molar-refractivity contribution is -0.122. The molecule has 1 aliphatic heterocycles. The molecule has 0 bridgehead atoms. The average Bonchev–Trinajstić information content (AvgIpc) is 3.03. The van der Waals surface area contributed by atoms with Gasteiger partial charge in [-0.15, -0.1) is 23.2 Å². The molecule has 2 aromatic carbocycles. The molecule has 1 N–H and O–H groups in total. The number of ether oxygens (including phenoxy) is 1. The topological polar surface area (TPSA) is 92.8 Å². The van der Waals surface area contributed by atoms with Crippen molar-refractivity contribution < 1.29 is 23.9 Å². The Balaban J connectivity index is 1.41. The third kappa shape index (κ3) is 5.08. The third-order valence-electron chi connectivity index (χ3n) is 5.71.